The summed E-state index contributed by atoms with van der Waals surface area (Å²) in [5.41, 5.74) is 1.14. The molecule has 0 atom stereocenters. The molecule has 0 spiro atoms. The Kier molecular flexibility index (Phi) is 11.6. The molecular formula is C20H10Cl2N4O2Pt2-4. The third-order valence-corrected chi connectivity index (χ3v) is 3.17. The SMILES string of the molecule is [Cl][Pt].[Cl][Pt].[c-]1cnc(Oc2ccccn2)[c-]c1-c1[c-]cnc(Oc2ccccn2)[c-]1. The molecule has 0 N–H and O–H groups in total. The Hall–Kier alpha value is -1.84. The predicted octanol–water partition coefficient (Wildman–Crippen LogP) is 5.09. The van der Waals surface area contributed by atoms with E-state index >= 15 is 0 Å². The summed E-state index contributed by atoms with van der Waals surface area (Å²) in [7, 11) is 9.22. The molecule has 6 nitrogen and oxygen atoms in total. The van der Waals surface area contributed by atoms with E-state index in [4.69, 9.17) is 9.47 Å². The van der Waals surface area contributed by atoms with Gasteiger partial charge in [0, 0.05) is 24.5 Å². The van der Waals surface area contributed by atoms with Gasteiger partial charge >= 0.3 is 56.4 Å². The van der Waals surface area contributed by atoms with Crippen LogP contribution in [0.4, 0.5) is 0 Å². The molecule has 0 aliphatic heterocycles. The Morgan fingerprint density at radius 1 is 0.633 bits per heavy atom. The van der Waals surface area contributed by atoms with E-state index in [0.717, 1.165) is 0 Å². The van der Waals surface area contributed by atoms with Crippen LogP contribution in [0.15, 0.2) is 61.2 Å². The van der Waals surface area contributed by atoms with E-state index in [1.54, 1.807) is 74.2 Å². The van der Waals surface area contributed by atoms with Crippen LogP contribution in [0.25, 0.3) is 11.1 Å². The quantitative estimate of drug-likeness (QED) is 0.262. The summed E-state index contributed by atoms with van der Waals surface area (Å²) in [6.07, 6.45) is 6.25. The second-order valence-electron chi connectivity index (χ2n) is 4.96. The topological polar surface area (TPSA) is 70.0 Å². The van der Waals surface area contributed by atoms with Crippen molar-refractivity contribution in [2.24, 2.45) is 0 Å². The van der Waals surface area contributed by atoms with Crippen molar-refractivity contribution < 1.29 is 47.0 Å². The molecule has 0 fully saturated rings. The molecule has 4 heterocycles. The van der Waals surface area contributed by atoms with E-state index in [2.05, 4.69) is 63.0 Å². The Labute approximate surface area is 204 Å². The second-order valence-corrected chi connectivity index (χ2v) is 4.96. The third-order valence-electron chi connectivity index (χ3n) is 3.17. The summed E-state index contributed by atoms with van der Waals surface area (Å²) in [5, 5.41) is 0. The van der Waals surface area contributed by atoms with Crippen LogP contribution in [0.3, 0.4) is 0 Å². The number of ether oxygens (including phenoxy) is 2. The molecule has 0 saturated carbocycles. The summed E-state index contributed by atoms with van der Waals surface area (Å²) >= 11 is 3.22. The van der Waals surface area contributed by atoms with Gasteiger partial charge in [-0.3, -0.25) is 9.97 Å². The van der Waals surface area contributed by atoms with E-state index in [1.807, 2.05) is 12.1 Å². The molecule has 10 heteroatoms. The Morgan fingerprint density at radius 3 is 1.43 bits per heavy atom. The number of hydrogen-bond acceptors (Lipinski definition) is 6. The average Bonchev–Trinajstić information content (AvgIpc) is 2.83. The van der Waals surface area contributed by atoms with E-state index in [0.29, 0.717) is 22.9 Å². The van der Waals surface area contributed by atoms with Crippen LogP contribution >= 0.6 is 18.8 Å². The molecule has 0 aliphatic rings. The van der Waals surface area contributed by atoms with Gasteiger partial charge in [0.1, 0.15) is 0 Å². The smallest absolute Gasteiger partial charge is 0.218 e. The summed E-state index contributed by atoms with van der Waals surface area (Å²) in [6, 6.07) is 22.7. The van der Waals surface area contributed by atoms with Crippen LogP contribution in [0, 0.1) is 24.3 Å². The van der Waals surface area contributed by atoms with Crippen LogP contribution in [0.1, 0.15) is 0 Å². The first-order chi connectivity index (χ1) is 14.9. The van der Waals surface area contributed by atoms with Crippen molar-refractivity contribution in [2.75, 3.05) is 0 Å². The molecule has 160 valence electrons. The summed E-state index contributed by atoms with van der Waals surface area (Å²) in [5.74, 6) is 1.39. The zero-order valence-corrected chi connectivity index (χ0v) is 20.8. The first kappa shape index (κ1) is 24.4. The zero-order valence-electron chi connectivity index (χ0n) is 14.8. The standard InChI is InChI=1S/C20H10N4O2.2ClH.2Pt/c1-3-9-21-17(5-1)25-19-13-15(7-11-23-19)16-8-12-24-20(14-16)26-18-6-2-4-10-22-18;;;;/h1-6,9-12H;2*1H;;/q-4;;;2*+1/p-2. The average molecular weight is 799 g/mol. The maximum atomic E-state index is 5.58. The molecule has 0 radical (unpaired) electrons. The van der Waals surface area contributed by atoms with Gasteiger partial charge in [-0.2, -0.15) is 0 Å². The van der Waals surface area contributed by atoms with Crippen molar-refractivity contribution in [2.45, 2.75) is 0 Å². The monoisotopic (exact) mass is 798 g/mol. The number of halogens is 2. The number of rotatable bonds is 5. The van der Waals surface area contributed by atoms with Crippen molar-refractivity contribution in [3.63, 3.8) is 0 Å². The van der Waals surface area contributed by atoms with Gasteiger partial charge in [0.15, 0.2) is 0 Å². The fourth-order valence-electron chi connectivity index (χ4n) is 2.05. The normalized spacial score (nSPS) is 9.40. The van der Waals surface area contributed by atoms with Crippen LogP contribution in [0.2, 0.25) is 0 Å². The molecule has 0 unspecified atom stereocenters. The minimum absolute atomic E-state index is 0.267. The first-order valence-corrected chi connectivity index (χ1v) is 13.5. The van der Waals surface area contributed by atoms with Crippen LogP contribution in [-0.2, 0) is 37.5 Å². The molecule has 0 aliphatic carbocycles. The minimum atomic E-state index is 0.267. The third kappa shape index (κ3) is 7.77. The second kappa shape index (κ2) is 14.2. The summed E-state index contributed by atoms with van der Waals surface area (Å²) in [6.45, 7) is 0. The van der Waals surface area contributed by atoms with Crippen LogP contribution in [0.5, 0.6) is 23.5 Å². The van der Waals surface area contributed by atoms with Crippen LogP contribution < -0.4 is 9.47 Å². The Bertz CT molecular complexity index is 933. The molecule has 0 amide bonds. The Balaban J connectivity index is 0.000000757. The number of aromatic nitrogens is 4. The van der Waals surface area contributed by atoms with Crippen molar-refractivity contribution in [1.29, 1.82) is 0 Å². The summed E-state index contributed by atoms with van der Waals surface area (Å²) < 4.78 is 11.2. The molecule has 0 aromatic carbocycles. The van der Waals surface area contributed by atoms with Gasteiger partial charge in [-0.05, 0) is 12.1 Å². The first-order valence-electron chi connectivity index (χ1n) is 7.89. The molecule has 4 aromatic rings. The molecule has 0 bridgehead atoms. The predicted molar refractivity (Wildman–Crippen MR) is 103 cm³/mol. The molecule has 4 aromatic heterocycles. The zero-order chi connectivity index (χ0) is 21.6. The number of nitrogens with zero attached hydrogens (tertiary/aromatic N) is 4. The van der Waals surface area contributed by atoms with Crippen LogP contribution in [-0.4, -0.2) is 19.9 Å². The van der Waals surface area contributed by atoms with Gasteiger partial charge in [0.05, 0.1) is 11.8 Å². The van der Waals surface area contributed by atoms with Gasteiger partial charge in [-0.25, -0.2) is 9.97 Å². The Morgan fingerprint density at radius 2 is 1.07 bits per heavy atom. The molecule has 4 rings (SSSR count). The number of hydrogen-bond donors (Lipinski definition) is 0. The van der Waals surface area contributed by atoms with Crippen molar-refractivity contribution in [3.05, 3.63) is 85.5 Å². The van der Waals surface area contributed by atoms with E-state index in [1.165, 1.54) is 12.4 Å². The van der Waals surface area contributed by atoms with E-state index in [-0.39, 0.29) is 11.8 Å². The van der Waals surface area contributed by atoms with Crippen molar-refractivity contribution >= 4 is 18.8 Å². The summed E-state index contributed by atoms with van der Waals surface area (Å²) in [4.78, 5) is 16.4. The largest absolute Gasteiger partial charge is 0.607 e. The molecule has 30 heavy (non-hydrogen) atoms. The minimum Gasteiger partial charge on any atom is -0.607 e. The van der Waals surface area contributed by atoms with Gasteiger partial charge < -0.3 is 44.9 Å². The van der Waals surface area contributed by atoms with Gasteiger partial charge in [-0.15, -0.1) is 12.4 Å². The maximum absolute atomic E-state index is 5.58. The van der Waals surface area contributed by atoms with Gasteiger partial charge in [0.2, 0.25) is 11.8 Å². The fourth-order valence-corrected chi connectivity index (χ4v) is 2.05. The van der Waals surface area contributed by atoms with Gasteiger partial charge in [-0.1, -0.05) is 12.1 Å². The van der Waals surface area contributed by atoms with E-state index < -0.39 is 0 Å². The maximum Gasteiger partial charge on any atom is 0.218 e. The van der Waals surface area contributed by atoms with Gasteiger partial charge in [0.25, 0.3) is 0 Å². The van der Waals surface area contributed by atoms with Crippen molar-refractivity contribution in [1.82, 2.24) is 19.9 Å². The molecular weight excluding hydrogens is 789 g/mol. The van der Waals surface area contributed by atoms with Crippen molar-refractivity contribution in [3.8, 4) is 34.6 Å². The van der Waals surface area contributed by atoms with E-state index in [9.17, 15) is 0 Å². The molecule has 0 saturated heterocycles. The number of pyridine rings is 4. The fraction of sp³-hybridized carbons (Fsp3) is 0.